The van der Waals surface area contributed by atoms with E-state index in [0.717, 1.165) is 32.4 Å². The molecule has 1 saturated heterocycles. The maximum Gasteiger partial charge on any atom is 0.308 e. The normalized spacial score (nSPS) is 24.3. The number of carbonyl (C=O) groups is 1. The number of piperidine rings is 1. The topological polar surface area (TPSA) is 40.5 Å². The minimum absolute atomic E-state index is 0.122. The summed E-state index contributed by atoms with van der Waals surface area (Å²) in [6.07, 6.45) is 2.84. The summed E-state index contributed by atoms with van der Waals surface area (Å²) in [6.45, 7) is 6.05. The van der Waals surface area contributed by atoms with Crippen molar-refractivity contribution in [1.29, 1.82) is 0 Å². The van der Waals surface area contributed by atoms with Crippen molar-refractivity contribution in [2.75, 3.05) is 6.54 Å². The van der Waals surface area contributed by atoms with Gasteiger partial charge in [-0.25, -0.2) is 0 Å². The van der Waals surface area contributed by atoms with Gasteiger partial charge in [0.25, 0.3) is 0 Å². The van der Waals surface area contributed by atoms with E-state index in [9.17, 15) is 9.90 Å². The highest BCUT2D eigenvalue weighted by Crippen LogP contribution is 2.25. The first kappa shape index (κ1) is 14.1. The van der Waals surface area contributed by atoms with Crippen LogP contribution < -0.4 is 0 Å². The molecule has 0 bridgehead atoms. The van der Waals surface area contributed by atoms with Gasteiger partial charge in [-0.15, -0.1) is 0 Å². The Morgan fingerprint density at radius 2 is 1.95 bits per heavy atom. The zero-order chi connectivity index (χ0) is 13.8. The molecular weight excluding hydrogens is 238 g/mol. The Balaban J connectivity index is 2.02. The van der Waals surface area contributed by atoms with E-state index in [2.05, 4.69) is 36.1 Å². The lowest BCUT2D eigenvalue weighted by atomic mass is 9.90. The summed E-state index contributed by atoms with van der Waals surface area (Å²) in [6, 6.07) is 8.78. The zero-order valence-corrected chi connectivity index (χ0v) is 11.8. The highest BCUT2D eigenvalue weighted by molar-refractivity contribution is 5.70. The monoisotopic (exact) mass is 261 g/mol. The molecular formula is C16H23NO2. The van der Waals surface area contributed by atoms with Crippen LogP contribution in [0.25, 0.3) is 0 Å². The number of carboxylic acid groups (broad SMARTS) is 1. The molecule has 1 N–H and O–H groups in total. The van der Waals surface area contributed by atoms with Crippen LogP contribution in [0.15, 0.2) is 24.3 Å². The van der Waals surface area contributed by atoms with Crippen LogP contribution in [0.5, 0.6) is 0 Å². The van der Waals surface area contributed by atoms with Gasteiger partial charge in [-0.2, -0.15) is 0 Å². The summed E-state index contributed by atoms with van der Waals surface area (Å²) >= 11 is 0. The largest absolute Gasteiger partial charge is 0.481 e. The SMILES string of the molecule is CCc1ccc(CN2CCC[C@H](C(=O)O)[C@@H]2C)cc1. The van der Waals surface area contributed by atoms with Gasteiger partial charge in [-0.05, 0) is 43.9 Å². The van der Waals surface area contributed by atoms with Gasteiger partial charge in [0, 0.05) is 12.6 Å². The van der Waals surface area contributed by atoms with Crippen LogP contribution in [0.4, 0.5) is 0 Å². The van der Waals surface area contributed by atoms with Crippen LogP contribution in [0.1, 0.15) is 37.8 Å². The Hall–Kier alpha value is -1.35. The summed E-state index contributed by atoms with van der Waals surface area (Å²) in [7, 11) is 0. The maximum atomic E-state index is 11.2. The van der Waals surface area contributed by atoms with Crippen LogP contribution in [-0.2, 0) is 17.8 Å². The van der Waals surface area contributed by atoms with Crippen LogP contribution >= 0.6 is 0 Å². The fourth-order valence-corrected chi connectivity index (χ4v) is 2.88. The fourth-order valence-electron chi connectivity index (χ4n) is 2.88. The van der Waals surface area contributed by atoms with Gasteiger partial charge in [0.15, 0.2) is 0 Å². The highest BCUT2D eigenvalue weighted by Gasteiger charge is 2.32. The molecule has 0 unspecified atom stereocenters. The van der Waals surface area contributed by atoms with Crippen molar-refractivity contribution in [3.63, 3.8) is 0 Å². The summed E-state index contributed by atoms with van der Waals surface area (Å²) in [5.74, 6) is -0.873. The molecule has 0 spiro atoms. The molecule has 19 heavy (non-hydrogen) atoms. The van der Waals surface area contributed by atoms with E-state index < -0.39 is 5.97 Å². The second kappa shape index (κ2) is 6.20. The number of benzene rings is 1. The first-order valence-corrected chi connectivity index (χ1v) is 7.16. The predicted molar refractivity (Wildman–Crippen MR) is 76.1 cm³/mol. The van der Waals surface area contributed by atoms with Gasteiger partial charge in [-0.3, -0.25) is 9.69 Å². The number of hydrogen-bond donors (Lipinski definition) is 1. The molecule has 1 aromatic carbocycles. The van der Waals surface area contributed by atoms with E-state index >= 15 is 0 Å². The van der Waals surface area contributed by atoms with Gasteiger partial charge in [0.05, 0.1) is 5.92 Å². The van der Waals surface area contributed by atoms with Crippen LogP contribution in [0, 0.1) is 5.92 Å². The Morgan fingerprint density at radius 3 is 2.53 bits per heavy atom. The number of hydrogen-bond acceptors (Lipinski definition) is 2. The molecule has 1 fully saturated rings. The van der Waals surface area contributed by atoms with Gasteiger partial charge in [0.1, 0.15) is 0 Å². The van der Waals surface area contributed by atoms with Crippen molar-refractivity contribution in [1.82, 2.24) is 4.90 Å². The number of likely N-dealkylation sites (tertiary alicyclic amines) is 1. The first-order chi connectivity index (χ1) is 9.11. The quantitative estimate of drug-likeness (QED) is 0.906. The summed E-state index contributed by atoms with van der Waals surface area (Å²) in [4.78, 5) is 13.5. The van der Waals surface area contributed by atoms with Crippen LogP contribution in [0.2, 0.25) is 0 Å². The van der Waals surface area contributed by atoms with E-state index in [4.69, 9.17) is 0 Å². The third-order valence-corrected chi connectivity index (χ3v) is 4.25. The second-order valence-electron chi connectivity index (χ2n) is 5.47. The number of rotatable bonds is 4. The lowest BCUT2D eigenvalue weighted by Crippen LogP contribution is -2.45. The molecule has 1 aliphatic heterocycles. The molecule has 3 nitrogen and oxygen atoms in total. The Kier molecular flexibility index (Phi) is 4.59. The van der Waals surface area contributed by atoms with Crippen molar-refractivity contribution in [3.8, 4) is 0 Å². The highest BCUT2D eigenvalue weighted by atomic mass is 16.4. The maximum absolute atomic E-state index is 11.2. The molecule has 0 aromatic heterocycles. The summed E-state index contributed by atoms with van der Waals surface area (Å²) in [5, 5.41) is 9.23. The van der Waals surface area contributed by atoms with Crippen molar-refractivity contribution in [2.45, 2.75) is 45.7 Å². The van der Waals surface area contributed by atoms with E-state index in [1.54, 1.807) is 0 Å². The van der Waals surface area contributed by atoms with E-state index in [-0.39, 0.29) is 12.0 Å². The Morgan fingerprint density at radius 1 is 1.32 bits per heavy atom. The van der Waals surface area contributed by atoms with Crippen LogP contribution in [-0.4, -0.2) is 28.6 Å². The standard InChI is InChI=1S/C16H23NO2/c1-3-13-6-8-14(9-7-13)11-17-10-4-5-15(12(17)2)16(18)19/h6-9,12,15H,3-5,10-11H2,1-2H3,(H,18,19)/t12-,15-/m0/s1. The number of aryl methyl sites for hydroxylation is 1. The molecule has 0 saturated carbocycles. The molecule has 1 aliphatic rings. The minimum atomic E-state index is -0.654. The molecule has 1 heterocycles. The number of nitrogens with zero attached hydrogens (tertiary/aromatic N) is 1. The van der Waals surface area contributed by atoms with Crippen molar-refractivity contribution in [3.05, 3.63) is 35.4 Å². The molecule has 104 valence electrons. The van der Waals surface area contributed by atoms with Crippen LogP contribution in [0.3, 0.4) is 0 Å². The molecule has 3 heteroatoms. The average Bonchev–Trinajstić information content (AvgIpc) is 2.41. The predicted octanol–water partition coefficient (Wildman–Crippen LogP) is 2.93. The molecule has 2 atom stereocenters. The average molecular weight is 261 g/mol. The number of aliphatic carboxylic acids is 1. The van der Waals surface area contributed by atoms with E-state index in [1.165, 1.54) is 11.1 Å². The fraction of sp³-hybridized carbons (Fsp3) is 0.562. The van der Waals surface area contributed by atoms with Crippen molar-refractivity contribution in [2.24, 2.45) is 5.92 Å². The minimum Gasteiger partial charge on any atom is -0.481 e. The van der Waals surface area contributed by atoms with Gasteiger partial charge >= 0.3 is 5.97 Å². The number of carboxylic acids is 1. The van der Waals surface area contributed by atoms with Gasteiger partial charge in [0.2, 0.25) is 0 Å². The molecule has 0 radical (unpaired) electrons. The Bertz CT molecular complexity index is 427. The third kappa shape index (κ3) is 3.35. The lowest BCUT2D eigenvalue weighted by molar-refractivity contribution is -0.145. The smallest absolute Gasteiger partial charge is 0.308 e. The Labute approximate surface area is 115 Å². The van der Waals surface area contributed by atoms with E-state index in [0.29, 0.717) is 0 Å². The summed E-state index contributed by atoms with van der Waals surface area (Å²) in [5.41, 5.74) is 2.62. The molecule has 1 aromatic rings. The molecule has 0 amide bonds. The van der Waals surface area contributed by atoms with Gasteiger partial charge < -0.3 is 5.11 Å². The first-order valence-electron chi connectivity index (χ1n) is 7.16. The van der Waals surface area contributed by atoms with Crippen molar-refractivity contribution < 1.29 is 9.90 Å². The van der Waals surface area contributed by atoms with Crippen molar-refractivity contribution >= 4 is 5.97 Å². The van der Waals surface area contributed by atoms with Gasteiger partial charge in [-0.1, -0.05) is 31.2 Å². The lowest BCUT2D eigenvalue weighted by Gasteiger charge is -2.37. The molecule has 0 aliphatic carbocycles. The zero-order valence-electron chi connectivity index (χ0n) is 11.8. The molecule has 2 rings (SSSR count). The summed E-state index contributed by atoms with van der Waals surface area (Å²) < 4.78 is 0. The third-order valence-electron chi connectivity index (χ3n) is 4.25. The second-order valence-corrected chi connectivity index (χ2v) is 5.47. The van der Waals surface area contributed by atoms with E-state index in [1.807, 2.05) is 6.92 Å².